The van der Waals surface area contributed by atoms with Gasteiger partial charge < -0.3 is 10.6 Å². The van der Waals surface area contributed by atoms with Crippen molar-refractivity contribution in [1.82, 2.24) is 10.2 Å². The first-order valence-electron chi connectivity index (χ1n) is 5.24. The zero-order chi connectivity index (χ0) is 13.1. The molecule has 2 aromatic rings. The molecule has 2 N–H and O–H groups in total. The zero-order valence-corrected chi connectivity index (χ0v) is 12.4. The molecule has 18 heavy (non-hydrogen) atoms. The van der Waals surface area contributed by atoms with Crippen LogP contribution in [0.4, 0.5) is 10.8 Å². The highest BCUT2D eigenvalue weighted by Crippen LogP contribution is 2.33. The minimum Gasteiger partial charge on any atom is -0.398 e. The number of nitrogens with two attached hydrogens (primary N) is 1. The summed E-state index contributed by atoms with van der Waals surface area (Å²) < 4.78 is 0.915. The molecule has 0 atom stereocenters. The standard InChI is InChI=1S/C11H13ClN4S2/c1-16(2)10-14-15-11(18-10)17-6-7-8(12)4-3-5-9(7)13/h3-5H,6,13H2,1-2H3. The Morgan fingerprint density at radius 3 is 2.78 bits per heavy atom. The van der Waals surface area contributed by atoms with Gasteiger partial charge in [-0.15, -0.1) is 10.2 Å². The number of hydrogen-bond donors (Lipinski definition) is 1. The van der Waals surface area contributed by atoms with E-state index in [1.807, 2.05) is 37.2 Å². The van der Waals surface area contributed by atoms with Gasteiger partial charge in [-0.05, 0) is 12.1 Å². The van der Waals surface area contributed by atoms with Crippen LogP contribution in [0.15, 0.2) is 22.5 Å². The molecule has 0 fully saturated rings. The Hall–Kier alpha value is -0.980. The molecule has 0 aliphatic carbocycles. The summed E-state index contributed by atoms with van der Waals surface area (Å²) in [5.74, 6) is 0.702. The van der Waals surface area contributed by atoms with Crippen molar-refractivity contribution in [2.75, 3.05) is 24.7 Å². The van der Waals surface area contributed by atoms with E-state index in [1.165, 1.54) is 0 Å². The maximum atomic E-state index is 6.12. The first kappa shape index (κ1) is 13.5. The molecule has 0 amide bonds. The van der Waals surface area contributed by atoms with Gasteiger partial charge in [0.25, 0.3) is 0 Å². The first-order chi connectivity index (χ1) is 8.58. The van der Waals surface area contributed by atoms with Gasteiger partial charge >= 0.3 is 0 Å². The third-order valence-electron chi connectivity index (χ3n) is 2.27. The van der Waals surface area contributed by atoms with Gasteiger partial charge in [-0.1, -0.05) is 40.8 Å². The van der Waals surface area contributed by atoms with Crippen molar-refractivity contribution in [2.45, 2.75) is 10.1 Å². The second-order valence-electron chi connectivity index (χ2n) is 3.84. The van der Waals surface area contributed by atoms with E-state index < -0.39 is 0 Å². The number of nitrogen functional groups attached to an aromatic ring is 1. The van der Waals surface area contributed by atoms with Crippen LogP contribution in [-0.2, 0) is 5.75 Å². The fourth-order valence-corrected chi connectivity index (χ4v) is 3.46. The summed E-state index contributed by atoms with van der Waals surface area (Å²) in [6, 6.07) is 5.55. The van der Waals surface area contributed by atoms with Gasteiger partial charge in [0.2, 0.25) is 5.13 Å². The lowest BCUT2D eigenvalue weighted by atomic mass is 10.2. The molecule has 0 radical (unpaired) electrons. The van der Waals surface area contributed by atoms with E-state index in [-0.39, 0.29) is 0 Å². The van der Waals surface area contributed by atoms with Crippen LogP contribution in [0.25, 0.3) is 0 Å². The largest absolute Gasteiger partial charge is 0.398 e. The minimum absolute atomic E-state index is 0.694. The molecule has 1 heterocycles. The smallest absolute Gasteiger partial charge is 0.208 e. The van der Waals surface area contributed by atoms with Crippen LogP contribution in [0.3, 0.4) is 0 Å². The van der Waals surface area contributed by atoms with Gasteiger partial charge in [0.15, 0.2) is 4.34 Å². The monoisotopic (exact) mass is 300 g/mol. The highest BCUT2D eigenvalue weighted by atomic mass is 35.5. The van der Waals surface area contributed by atoms with E-state index in [9.17, 15) is 0 Å². The van der Waals surface area contributed by atoms with E-state index in [0.717, 1.165) is 15.0 Å². The quantitative estimate of drug-likeness (QED) is 0.694. The summed E-state index contributed by atoms with van der Waals surface area (Å²) in [6.45, 7) is 0. The second-order valence-corrected chi connectivity index (χ2v) is 6.43. The molecular formula is C11H13ClN4S2. The van der Waals surface area contributed by atoms with Crippen molar-refractivity contribution in [3.8, 4) is 0 Å². The summed E-state index contributed by atoms with van der Waals surface area (Å²) >= 11 is 9.27. The van der Waals surface area contributed by atoms with Crippen LogP contribution in [0.2, 0.25) is 5.02 Å². The Morgan fingerprint density at radius 1 is 1.39 bits per heavy atom. The first-order valence-corrected chi connectivity index (χ1v) is 7.42. The number of benzene rings is 1. The molecule has 1 aromatic heterocycles. The Balaban J connectivity index is 2.07. The minimum atomic E-state index is 0.694. The predicted molar refractivity (Wildman–Crippen MR) is 79.7 cm³/mol. The van der Waals surface area contributed by atoms with Crippen LogP contribution >= 0.6 is 34.7 Å². The lowest BCUT2D eigenvalue weighted by Gasteiger charge is -2.06. The van der Waals surface area contributed by atoms with Crippen molar-refractivity contribution < 1.29 is 0 Å². The third-order valence-corrected chi connectivity index (χ3v) is 4.88. The molecule has 0 unspecified atom stereocenters. The molecule has 2 rings (SSSR count). The SMILES string of the molecule is CN(C)c1nnc(SCc2c(N)cccc2Cl)s1. The topological polar surface area (TPSA) is 55.0 Å². The van der Waals surface area contributed by atoms with Gasteiger partial charge in [0, 0.05) is 36.1 Å². The van der Waals surface area contributed by atoms with Crippen LogP contribution < -0.4 is 10.6 Å². The predicted octanol–water partition coefficient (Wildman–Crippen LogP) is 3.13. The molecule has 96 valence electrons. The highest BCUT2D eigenvalue weighted by molar-refractivity contribution is 8.00. The van der Waals surface area contributed by atoms with Crippen molar-refractivity contribution in [1.29, 1.82) is 0 Å². The lowest BCUT2D eigenvalue weighted by Crippen LogP contribution is -2.07. The molecule has 0 aliphatic rings. The number of thioether (sulfide) groups is 1. The maximum absolute atomic E-state index is 6.12. The summed E-state index contributed by atoms with van der Waals surface area (Å²) in [5, 5.41) is 9.79. The second kappa shape index (κ2) is 5.77. The molecule has 0 aliphatic heterocycles. The molecule has 7 heteroatoms. The van der Waals surface area contributed by atoms with Crippen LogP contribution in [-0.4, -0.2) is 24.3 Å². The van der Waals surface area contributed by atoms with Crippen LogP contribution in [0.5, 0.6) is 0 Å². The number of anilines is 2. The Kier molecular flexibility index (Phi) is 4.31. The molecular weight excluding hydrogens is 288 g/mol. The molecule has 1 aromatic carbocycles. The summed E-state index contributed by atoms with van der Waals surface area (Å²) in [4.78, 5) is 1.94. The fraction of sp³-hybridized carbons (Fsp3) is 0.273. The number of hydrogen-bond acceptors (Lipinski definition) is 6. The third kappa shape index (κ3) is 3.07. The summed E-state index contributed by atoms with van der Waals surface area (Å²) in [7, 11) is 3.89. The maximum Gasteiger partial charge on any atom is 0.208 e. The number of halogens is 1. The van der Waals surface area contributed by atoms with E-state index in [0.29, 0.717) is 16.5 Å². The van der Waals surface area contributed by atoms with Gasteiger partial charge in [-0.3, -0.25) is 0 Å². The van der Waals surface area contributed by atoms with E-state index in [1.54, 1.807) is 23.1 Å². The van der Waals surface area contributed by atoms with Gasteiger partial charge in [-0.2, -0.15) is 0 Å². The Labute approximate surface area is 119 Å². The van der Waals surface area contributed by atoms with E-state index in [4.69, 9.17) is 17.3 Å². The summed E-state index contributed by atoms with van der Waals surface area (Å²) in [6.07, 6.45) is 0. The number of nitrogens with zero attached hydrogens (tertiary/aromatic N) is 3. The van der Waals surface area contributed by atoms with Crippen LogP contribution in [0.1, 0.15) is 5.56 Å². The lowest BCUT2D eigenvalue weighted by molar-refractivity contribution is 0.972. The number of rotatable bonds is 4. The van der Waals surface area contributed by atoms with Crippen molar-refractivity contribution in [2.24, 2.45) is 0 Å². The van der Waals surface area contributed by atoms with Crippen molar-refractivity contribution >= 4 is 45.5 Å². The van der Waals surface area contributed by atoms with Crippen LogP contribution in [0, 0.1) is 0 Å². The highest BCUT2D eigenvalue weighted by Gasteiger charge is 2.09. The number of aromatic nitrogens is 2. The average Bonchev–Trinajstić information content (AvgIpc) is 2.77. The van der Waals surface area contributed by atoms with Crippen molar-refractivity contribution in [3.05, 3.63) is 28.8 Å². The zero-order valence-electron chi connectivity index (χ0n) is 10.1. The van der Waals surface area contributed by atoms with E-state index >= 15 is 0 Å². The van der Waals surface area contributed by atoms with Gasteiger partial charge in [-0.25, -0.2) is 0 Å². The van der Waals surface area contributed by atoms with E-state index in [2.05, 4.69) is 10.2 Å². The molecule has 0 saturated heterocycles. The van der Waals surface area contributed by atoms with Gasteiger partial charge in [0.1, 0.15) is 0 Å². The fourth-order valence-electron chi connectivity index (χ4n) is 1.30. The normalized spacial score (nSPS) is 10.6. The van der Waals surface area contributed by atoms with Gasteiger partial charge in [0.05, 0.1) is 0 Å². The van der Waals surface area contributed by atoms with Crippen molar-refractivity contribution in [3.63, 3.8) is 0 Å². The summed E-state index contributed by atoms with van der Waals surface area (Å²) in [5.41, 5.74) is 7.57. The Morgan fingerprint density at radius 2 is 2.17 bits per heavy atom. The molecule has 0 saturated carbocycles. The molecule has 0 spiro atoms. The molecule has 0 bridgehead atoms. The molecule has 4 nitrogen and oxygen atoms in total. The average molecular weight is 301 g/mol. The Bertz CT molecular complexity index is 521.